The second kappa shape index (κ2) is 13.8. The first-order chi connectivity index (χ1) is 24.9. The van der Waals surface area contributed by atoms with E-state index in [-0.39, 0.29) is 17.6 Å². The van der Waals surface area contributed by atoms with E-state index in [1.54, 1.807) is 24.4 Å². The summed E-state index contributed by atoms with van der Waals surface area (Å²) in [6, 6.07) is 13.0. The molecule has 1 amide bonds. The van der Waals surface area contributed by atoms with Crippen LogP contribution in [0, 0.1) is 27.7 Å². The Labute approximate surface area is 311 Å². The Morgan fingerprint density at radius 2 is 1.67 bits per heavy atom. The summed E-state index contributed by atoms with van der Waals surface area (Å²) >= 11 is 13.5. The van der Waals surface area contributed by atoms with Crippen molar-refractivity contribution in [3.8, 4) is 22.6 Å². The quantitative estimate of drug-likeness (QED) is 0.116. The first-order valence-electron chi connectivity index (χ1n) is 17.1. The molecule has 0 bridgehead atoms. The molecule has 268 valence electrons. The van der Waals surface area contributed by atoms with Crippen molar-refractivity contribution >= 4 is 62.6 Å². The minimum Gasteiger partial charge on any atom is -0.496 e. The van der Waals surface area contributed by atoms with Crippen molar-refractivity contribution in [3.05, 3.63) is 98.3 Å². The van der Waals surface area contributed by atoms with Gasteiger partial charge in [0.2, 0.25) is 0 Å². The highest BCUT2D eigenvalue weighted by molar-refractivity contribution is 6.35. The zero-order chi connectivity index (χ0) is 37.0. The summed E-state index contributed by atoms with van der Waals surface area (Å²) in [4.78, 5) is 41.6. The number of nitrogens with one attached hydrogen (secondary N) is 1. The number of nitrogens with zero attached hydrogens (tertiary/aromatic N) is 4. The molecule has 0 unspecified atom stereocenters. The summed E-state index contributed by atoms with van der Waals surface area (Å²) in [5, 5.41) is 2.89. The van der Waals surface area contributed by atoms with Gasteiger partial charge in [0.15, 0.2) is 0 Å². The van der Waals surface area contributed by atoms with Gasteiger partial charge in [0.25, 0.3) is 5.91 Å². The van der Waals surface area contributed by atoms with E-state index in [1.165, 1.54) is 7.11 Å². The highest BCUT2D eigenvalue weighted by Gasteiger charge is 2.37. The van der Waals surface area contributed by atoms with Crippen LogP contribution in [0.15, 0.2) is 48.8 Å². The number of rotatable bonds is 9. The van der Waals surface area contributed by atoms with E-state index in [9.17, 15) is 4.79 Å². The molecule has 3 aromatic carbocycles. The van der Waals surface area contributed by atoms with Crippen molar-refractivity contribution < 1.29 is 23.8 Å². The van der Waals surface area contributed by atoms with Crippen molar-refractivity contribution in [1.29, 1.82) is 0 Å². The van der Waals surface area contributed by atoms with Crippen LogP contribution in [0.3, 0.4) is 0 Å². The Balaban J connectivity index is 1.38. The third-order valence-corrected chi connectivity index (χ3v) is 10.8. The lowest BCUT2D eigenvalue weighted by Crippen LogP contribution is -2.42. The number of hydrogen-bond acceptors (Lipinski definition) is 7. The van der Waals surface area contributed by atoms with Gasteiger partial charge in [0.1, 0.15) is 29.2 Å². The first kappa shape index (κ1) is 35.3. The largest absolute Gasteiger partial charge is 0.496 e. The standard InChI is InChI=1S/C40H39Cl2N5O5/c1-20-15-25(16-21(2)35(20)42)52-14-8-9-26-27-10-11-29(41)34(33-23(4)43-19-44-24(33)5)37(27)47-22(3)18-46(39(48)38(26)47)31-12-13-32(50-6)28-17-30(40(49)51-7)45-36(28)31/h10-13,15-17,19,22,45H,8-9,14,18H2,1-7H3/t22-/m1/s1. The van der Waals surface area contributed by atoms with Crippen LogP contribution in [-0.2, 0) is 11.2 Å². The molecule has 10 nitrogen and oxygen atoms in total. The van der Waals surface area contributed by atoms with E-state index in [0.29, 0.717) is 59.0 Å². The highest BCUT2D eigenvalue weighted by atomic mass is 35.5. The molecule has 0 spiro atoms. The zero-order valence-electron chi connectivity index (χ0n) is 30.1. The number of halogens is 2. The molecule has 0 saturated heterocycles. The Morgan fingerprint density at radius 3 is 2.35 bits per heavy atom. The van der Waals surface area contributed by atoms with Gasteiger partial charge in [0, 0.05) is 50.9 Å². The number of amides is 1. The van der Waals surface area contributed by atoms with E-state index in [2.05, 4.69) is 26.4 Å². The summed E-state index contributed by atoms with van der Waals surface area (Å²) in [5.74, 6) is 0.633. The van der Waals surface area contributed by atoms with E-state index in [1.807, 2.05) is 64.1 Å². The summed E-state index contributed by atoms with van der Waals surface area (Å²) < 4.78 is 19.0. The fraction of sp³-hybridized carbons (Fsp3) is 0.300. The van der Waals surface area contributed by atoms with E-state index >= 15 is 4.79 Å². The average Bonchev–Trinajstić information content (AvgIpc) is 3.71. The average molecular weight is 741 g/mol. The number of aromatic nitrogens is 4. The van der Waals surface area contributed by atoms with Crippen molar-refractivity contribution in [2.45, 2.75) is 53.5 Å². The van der Waals surface area contributed by atoms with E-state index in [0.717, 1.165) is 60.9 Å². The fourth-order valence-electron chi connectivity index (χ4n) is 7.56. The summed E-state index contributed by atoms with van der Waals surface area (Å²) in [6.07, 6.45) is 2.76. The lowest BCUT2D eigenvalue weighted by molar-refractivity contribution is 0.0595. The summed E-state index contributed by atoms with van der Waals surface area (Å²) in [7, 11) is 2.90. The maximum atomic E-state index is 15.0. The van der Waals surface area contributed by atoms with Gasteiger partial charge in [-0.25, -0.2) is 14.8 Å². The van der Waals surface area contributed by atoms with E-state index in [4.69, 9.17) is 37.4 Å². The van der Waals surface area contributed by atoms with Crippen LogP contribution in [0.4, 0.5) is 5.69 Å². The number of fused-ring (bicyclic) bond motifs is 4. The van der Waals surface area contributed by atoms with Crippen LogP contribution in [0.1, 0.15) is 68.4 Å². The number of carbonyl (C=O) groups excluding carboxylic acids is 2. The molecular weight excluding hydrogens is 701 g/mol. The number of aromatic amines is 1. The van der Waals surface area contributed by atoms with Gasteiger partial charge in [-0.05, 0) is 101 Å². The van der Waals surface area contributed by atoms with Gasteiger partial charge >= 0.3 is 5.97 Å². The molecule has 3 aromatic heterocycles. The zero-order valence-corrected chi connectivity index (χ0v) is 31.6. The monoisotopic (exact) mass is 739 g/mol. The Bertz CT molecular complexity index is 2370. The topological polar surface area (TPSA) is 112 Å². The van der Waals surface area contributed by atoms with Gasteiger partial charge in [-0.3, -0.25) is 4.79 Å². The molecular formula is C40H39Cl2N5O5. The maximum absolute atomic E-state index is 15.0. The normalized spacial score (nSPS) is 14.3. The third-order valence-electron chi connectivity index (χ3n) is 9.93. The number of esters is 1. The molecule has 1 aliphatic heterocycles. The lowest BCUT2D eigenvalue weighted by Gasteiger charge is -2.34. The SMILES string of the molecule is COC(=O)c1cc2c(OC)ccc(N3C[C@@H](C)n4c(c(CCCOc5cc(C)c(Cl)c(C)c5)c5ccc(Cl)c(-c6c(C)ncnc6C)c54)C3=O)c2[nH]1. The molecule has 0 radical (unpaired) electrons. The number of benzene rings is 3. The number of aryl methyl sites for hydroxylation is 5. The predicted octanol–water partition coefficient (Wildman–Crippen LogP) is 9.15. The van der Waals surface area contributed by atoms with Gasteiger partial charge in [-0.15, -0.1) is 0 Å². The van der Waals surface area contributed by atoms with Crippen molar-refractivity contribution in [3.63, 3.8) is 0 Å². The van der Waals surface area contributed by atoms with E-state index < -0.39 is 5.97 Å². The molecule has 12 heteroatoms. The number of carbonyl (C=O) groups is 2. The van der Waals surface area contributed by atoms with Crippen molar-refractivity contribution in [2.75, 3.05) is 32.3 Å². The van der Waals surface area contributed by atoms with Gasteiger partial charge in [-0.1, -0.05) is 29.3 Å². The number of anilines is 1. The molecule has 6 aromatic rings. The van der Waals surface area contributed by atoms with Crippen LogP contribution in [-0.4, -0.2) is 58.8 Å². The van der Waals surface area contributed by atoms with Crippen LogP contribution < -0.4 is 14.4 Å². The fourth-order valence-corrected chi connectivity index (χ4v) is 7.91. The smallest absolute Gasteiger partial charge is 0.354 e. The Hall–Kier alpha value is -5.06. The number of ether oxygens (including phenoxy) is 3. The second-order valence-electron chi connectivity index (χ2n) is 13.3. The highest BCUT2D eigenvalue weighted by Crippen LogP contribution is 2.45. The van der Waals surface area contributed by atoms with Gasteiger partial charge < -0.3 is 28.7 Å². The van der Waals surface area contributed by atoms with Crippen LogP contribution in [0.25, 0.3) is 32.9 Å². The molecule has 4 heterocycles. The molecule has 1 atom stereocenters. The molecule has 0 saturated carbocycles. The molecule has 52 heavy (non-hydrogen) atoms. The van der Waals surface area contributed by atoms with Gasteiger partial charge in [-0.2, -0.15) is 0 Å². The second-order valence-corrected chi connectivity index (χ2v) is 14.1. The lowest BCUT2D eigenvalue weighted by atomic mass is 9.97. The summed E-state index contributed by atoms with van der Waals surface area (Å²) in [6.45, 7) is 10.7. The number of H-pyrrole nitrogens is 1. The van der Waals surface area contributed by atoms with Crippen LogP contribution in [0.2, 0.25) is 10.0 Å². The minimum atomic E-state index is -0.518. The Kier molecular flexibility index (Phi) is 9.39. The minimum absolute atomic E-state index is 0.171. The summed E-state index contributed by atoms with van der Waals surface area (Å²) in [5.41, 5.74) is 9.00. The number of methoxy groups -OCH3 is 2. The molecule has 1 N–H and O–H groups in total. The maximum Gasteiger partial charge on any atom is 0.354 e. The van der Waals surface area contributed by atoms with Gasteiger partial charge in [0.05, 0.1) is 42.6 Å². The predicted molar refractivity (Wildman–Crippen MR) is 205 cm³/mol. The first-order valence-corrected chi connectivity index (χ1v) is 17.8. The molecule has 0 fully saturated rings. The van der Waals surface area contributed by atoms with Crippen LogP contribution in [0.5, 0.6) is 11.5 Å². The number of hydrogen-bond donors (Lipinski definition) is 1. The molecule has 0 aliphatic carbocycles. The van der Waals surface area contributed by atoms with Crippen LogP contribution >= 0.6 is 23.2 Å². The van der Waals surface area contributed by atoms with Crippen molar-refractivity contribution in [1.82, 2.24) is 19.5 Å². The Morgan fingerprint density at radius 1 is 0.962 bits per heavy atom. The molecule has 1 aliphatic rings. The van der Waals surface area contributed by atoms with Crippen molar-refractivity contribution in [2.24, 2.45) is 0 Å². The third kappa shape index (κ3) is 5.84. The molecule has 7 rings (SSSR count).